The summed E-state index contributed by atoms with van der Waals surface area (Å²) in [6.45, 7) is 4.17. The van der Waals surface area contributed by atoms with Crippen LogP contribution in [0.5, 0.6) is 0 Å². The summed E-state index contributed by atoms with van der Waals surface area (Å²) in [6, 6.07) is 0. The molecule has 0 aromatic heterocycles. The normalized spacial score (nSPS) is 14.8. The zero-order valence-corrected chi connectivity index (χ0v) is 14.3. The highest BCUT2D eigenvalue weighted by Crippen LogP contribution is 2.32. The Labute approximate surface area is 138 Å². The first-order valence-electron chi connectivity index (χ1n) is 7.84. The van der Waals surface area contributed by atoms with Gasteiger partial charge in [0.15, 0.2) is 0 Å². The number of halogens is 5. The van der Waals surface area contributed by atoms with E-state index in [4.69, 9.17) is 4.74 Å². The van der Waals surface area contributed by atoms with E-state index in [0.29, 0.717) is 13.0 Å². The molecule has 0 aromatic carbocycles. The number of thioether (sulfide) groups is 1. The number of hydrogen-bond acceptors (Lipinski definition) is 3. The Bertz CT molecular complexity index is 329. The molecule has 23 heavy (non-hydrogen) atoms. The van der Waals surface area contributed by atoms with Crippen LogP contribution in [0.2, 0.25) is 0 Å². The van der Waals surface area contributed by atoms with E-state index in [1.807, 2.05) is 13.8 Å². The molecule has 138 valence electrons. The largest absolute Gasteiger partial charge is 0.465 e. The SMILES string of the molecule is CCCCOC(=O)C(CCC)SCCCC(F)(F)C(F)C(F)F. The maximum absolute atomic E-state index is 13.1. The van der Waals surface area contributed by atoms with Gasteiger partial charge in [0.05, 0.1) is 6.61 Å². The molecule has 2 unspecified atom stereocenters. The van der Waals surface area contributed by atoms with E-state index in [2.05, 4.69) is 0 Å². The van der Waals surface area contributed by atoms with Crippen molar-refractivity contribution in [3.63, 3.8) is 0 Å². The summed E-state index contributed by atoms with van der Waals surface area (Å²) < 4.78 is 68.1. The molecule has 0 saturated carbocycles. The quantitative estimate of drug-likeness (QED) is 0.254. The van der Waals surface area contributed by atoms with Crippen molar-refractivity contribution in [2.45, 2.75) is 76.1 Å². The van der Waals surface area contributed by atoms with Gasteiger partial charge in [-0.1, -0.05) is 26.7 Å². The highest BCUT2D eigenvalue weighted by molar-refractivity contribution is 8.00. The second kappa shape index (κ2) is 11.9. The molecule has 0 aliphatic rings. The maximum atomic E-state index is 13.1. The maximum Gasteiger partial charge on any atom is 0.319 e. The Morgan fingerprint density at radius 2 is 1.78 bits per heavy atom. The lowest BCUT2D eigenvalue weighted by atomic mass is 10.1. The Morgan fingerprint density at radius 1 is 1.13 bits per heavy atom. The van der Waals surface area contributed by atoms with Gasteiger partial charge in [-0.3, -0.25) is 4.79 Å². The minimum Gasteiger partial charge on any atom is -0.465 e. The van der Waals surface area contributed by atoms with Crippen LogP contribution in [-0.2, 0) is 9.53 Å². The van der Waals surface area contributed by atoms with Gasteiger partial charge in [-0.25, -0.2) is 22.0 Å². The number of alkyl halides is 5. The number of esters is 1. The topological polar surface area (TPSA) is 26.3 Å². The van der Waals surface area contributed by atoms with E-state index < -0.39 is 30.2 Å². The molecule has 0 aliphatic heterocycles. The van der Waals surface area contributed by atoms with Crippen molar-refractivity contribution in [2.75, 3.05) is 12.4 Å². The summed E-state index contributed by atoms with van der Waals surface area (Å²) in [7, 11) is 0. The third-order valence-corrected chi connectivity index (χ3v) is 4.51. The Kier molecular flexibility index (Phi) is 11.6. The molecular formula is C15H25F5O2S. The van der Waals surface area contributed by atoms with Gasteiger partial charge in [-0.2, -0.15) is 0 Å². The lowest BCUT2D eigenvalue weighted by Crippen LogP contribution is -2.35. The standard InChI is InChI=1S/C15H25F5O2S/c1-3-5-9-22-14(21)11(7-4-2)23-10-6-8-15(19,20)12(16)13(17)18/h11-13H,3-10H2,1-2H3. The van der Waals surface area contributed by atoms with Crippen LogP contribution in [0.25, 0.3) is 0 Å². The summed E-state index contributed by atoms with van der Waals surface area (Å²) in [5, 5.41) is -0.457. The molecule has 0 aromatic rings. The van der Waals surface area contributed by atoms with Crippen molar-refractivity contribution in [3.05, 3.63) is 0 Å². The predicted molar refractivity (Wildman–Crippen MR) is 82.1 cm³/mol. The monoisotopic (exact) mass is 364 g/mol. The van der Waals surface area contributed by atoms with Gasteiger partial charge >= 0.3 is 5.97 Å². The van der Waals surface area contributed by atoms with Crippen LogP contribution in [0.1, 0.15) is 52.4 Å². The minimum atomic E-state index is -4.05. The zero-order chi connectivity index (χ0) is 17.9. The first kappa shape index (κ1) is 22.5. The number of unbranched alkanes of at least 4 members (excludes halogenated alkanes) is 1. The fourth-order valence-corrected chi connectivity index (χ4v) is 3.00. The second-order valence-corrected chi connectivity index (χ2v) is 6.58. The molecule has 0 saturated heterocycles. The molecule has 0 spiro atoms. The van der Waals surface area contributed by atoms with Crippen molar-refractivity contribution < 1.29 is 31.5 Å². The lowest BCUT2D eigenvalue weighted by Gasteiger charge is -2.20. The molecule has 0 rings (SSSR count). The summed E-state index contributed by atoms with van der Waals surface area (Å²) >= 11 is 1.16. The molecule has 0 bridgehead atoms. The lowest BCUT2D eigenvalue weighted by molar-refractivity contribution is -0.143. The fourth-order valence-electron chi connectivity index (χ4n) is 1.80. The highest BCUT2D eigenvalue weighted by atomic mass is 32.2. The van der Waals surface area contributed by atoms with Gasteiger partial charge in [0.25, 0.3) is 12.3 Å². The molecule has 0 fully saturated rings. The van der Waals surface area contributed by atoms with Gasteiger partial charge in [0, 0.05) is 6.42 Å². The molecule has 0 N–H and O–H groups in total. The van der Waals surface area contributed by atoms with E-state index in [1.165, 1.54) is 0 Å². The third kappa shape index (κ3) is 9.37. The Balaban J connectivity index is 4.20. The summed E-state index contributed by atoms with van der Waals surface area (Å²) in [5.41, 5.74) is 0. The molecule has 0 radical (unpaired) electrons. The van der Waals surface area contributed by atoms with Gasteiger partial charge < -0.3 is 4.74 Å². The molecule has 0 aliphatic carbocycles. The van der Waals surface area contributed by atoms with Crippen LogP contribution in [0, 0.1) is 0 Å². The van der Waals surface area contributed by atoms with Gasteiger partial charge in [-0.15, -0.1) is 11.8 Å². The van der Waals surface area contributed by atoms with Gasteiger partial charge in [0.2, 0.25) is 6.17 Å². The molecule has 8 heteroatoms. The van der Waals surface area contributed by atoms with Crippen molar-refractivity contribution in [1.29, 1.82) is 0 Å². The summed E-state index contributed by atoms with van der Waals surface area (Å²) in [6.07, 6.45) is -5.32. The van der Waals surface area contributed by atoms with Crippen molar-refractivity contribution in [3.8, 4) is 0 Å². The molecule has 0 amide bonds. The summed E-state index contributed by atoms with van der Waals surface area (Å²) in [4.78, 5) is 11.8. The minimum absolute atomic E-state index is 0.146. The smallest absolute Gasteiger partial charge is 0.319 e. The van der Waals surface area contributed by atoms with Crippen LogP contribution in [0.4, 0.5) is 22.0 Å². The van der Waals surface area contributed by atoms with Gasteiger partial charge in [0.1, 0.15) is 5.25 Å². The van der Waals surface area contributed by atoms with Gasteiger partial charge in [-0.05, 0) is 25.0 Å². The van der Waals surface area contributed by atoms with Crippen LogP contribution < -0.4 is 0 Å². The Morgan fingerprint density at radius 3 is 2.30 bits per heavy atom. The van der Waals surface area contributed by atoms with E-state index in [-0.39, 0.29) is 18.1 Å². The predicted octanol–water partition coefficient (Wildman–Crippen LogP) is 5.25. The highest BCUT2D eigenvalue weighted by Gasteiger charge is 2.45. The van der Waals surface area contributed by atoms with Crippen molar-refractivity contribution in [2.24, 2.45) is 0 Å². The number of hydrogen-bond donors (Lipinski definition) is 0. The van der Waals surface area contributed by atoms with E-state index in [9.17, 15) is 26.7 Å². The average molecular weight is 364 g/mol. The van der Waals surface area contributed by atoms with Crippen LogP contribution in [0.15, 0.2) is 0 Å². The van der Waals surface area contributed by atoms with E-state index >= 15 is 0 Å². The van der Waals surface area contributed by atoms with Crippen LogP contribution in [0.3, 0.4) is 0 Å². The fraction of sp³-hybridized carbons (Fsp3) is 0.933. The molecule has 2 atom stereocenters. The van der Waals surface area contributed by atoms with Crippen molar-refractivity contribution in [1.82, 2.24) is 0 Å². The van der Waals surface area contributed by atoms with Crippen LogP contribution >= 0.6 is 11.8 Å². The number of carbonyl (C=O) groups excluding carboxylic acids is 1. The van der Waals surface area contributed by atoms with Crippen molar-refractivity contribution >= 4 is 17.7 Å². The molecule has 2 nitrogen and oxygen atoms in total. The number of rotatable bonds is 13. The van der Waals surface area contributed by atoms with E-state index in [1.54, 1.807) is 0 Å². The Hall–Kier alpha value is -0.530. The number of ether oxygens (including phenoxy) is 1. The first-order chi connectivity index (χ1) is 10.8. The third-order valence-electron chi connectivity index (χ3n) is 3.15. The second-order valence-electron chi connectivity index (χ2n) is 5.27. The molecular weight excluding hydrogens is 339 g/mol. The average Bonchev–Trinajstić information content (AvgIpc) is 2.49. The van der Waals surface area contributed by atoms with E-state index in [0.717, 1.165) is 31.0 Å². The first-order valence-corrected chi connectivity index (χ1v) is 8.89. The zero-order valence-electron chi connectivity index (χ0n) is 13.5. The summed E-state index contributed by atoms with van der Waals surface area (Å²) in [5.74, 6) is -4.26. The molecule has 0 heterocycles. The van der Waals surface area contributed by atoms with Crippen LogP contribution in [-0.4, -0.2) is 42.1 Å². The number of carbonyl (C=O) groups is 1.